The summed E-state index contributed by atoms with van der Waals surface area (Å²) >= 11 is 1.53. The number of aliphatic imine (C=N–C) groups is 1. The summed E-state index contributed by atoms with van der Waals surface area (Å²) in [5, 5.41) is 21.7. The van der Waals surface area contributed by atoms with Crippen molar-refractivity contribution in [1.29, 1.82) is 0 Å². The van der Waals surface area contributed by atoms with Gasteiger partial charge in [0.25, 0.3) is 5.91 Å². The lowest BCUT2D eigenvalue weighted by Crippen LogP contribution is -2.44. The van der Waals surface area contributed by atoms with Crippen LogP contribution < -0.4 is 16.0 Å². The average Bonchev–Trinajstić information content (AvgIpc) is 3.20. The molecule has 28 heavy (non-hydrogen) atoms. The molecule has 2 rings (SSSR count). The molecular weight excluding hydrogens is 487 g/mol. The Labute approximate surface area is 187 Å². The van der Waals surface area contributed by atoms with Crippen molar-refractivity contribution in [3.05, 3.63) is 57.8 Å². The summed E-state index contributed by atoms with van der Waals surface area (Å²) in [7, 11) is 0. The van der Waals surface area contributed by atoms with Gasteiger partial charge in [0.1, 0.15) is 5.60 Å². The molecule has 2 aromatic rings. The normalized spacial score (nSPS) is 13.2. The van der Waals surface area contributed by atoms with Gasteiger partial charge in [-0.05, 0) is 49.9 Å². The van der Waals surface area contributed by atoms with Gasteiger partial charge in [-0.15, -0.1) is 35.3 Å². The maximum Gasteiger partial charge on any atom is 0.251 e. The predicted molar refractivity (Wildman–Crippen MR) is 127 cm³/mol. The Morgan fingerprint density at radius 2 is 1.79 bits per heavy atom. The Hall–Kier alpha value is -1.65. The van der Waals surface area contributed by atoms with Crippen molar-refractivity contribution in [1.82, 2.24) is 16.0 Å². The molecule has 1 amide bonds. The minimum absolute atomic E-state index is 0. The van der Waals surface area contributed by atoms with Crippen molar-refractivity contribution in [2.24, 2.45) is 4.99 Å². The van der Waals surface area contributed by atoms with E-state index in [1.54, 1.807) is 19.1 Å². The van der Waals surface area contributed by atoms with E-state index < -0.39 is 5.60 Å². The first-order chi connectivity index (χ1) is 13.0. The number of nitrogens with one attached hydrogen (secondary N) is 3. The summed E-state index contributed by atoms with van der Waals surface area (Å²) < 4.78 is 0. The summed E-state index contributed by atoms with van der Waals surface area (Å²) in [4.78, 5) is 17.3. The van der Waals surface area contributed by atoms with Crippen molar-refractivity contribution in [2.45, 2.75) is 32.9 Å². The standard InChI is InChI=1S/C20H28N4O2S.HI/c1-4-21-18(25)16-10-8-15(9-11-16)13-23-19(22-5-2)24-14-20(3,26)17-7-6-12-27-17;/h6-12,26H,4-5,13-14H2,1-3H3,(H,21,25)(H2,22,23,24);1H. The number of carbonyl (C=O) groups excluding carboxylic acids is 1. The molecule has 0 saturated heterocycles. The van der Waals surface area contributed by atoms with Crippen LogP contribution in [0.3, 0.4) is 0 Å². The lowest BCUT2D eigenvalue weighted by atomic mass is 10.1. The molecule has 1 aromatic heterocycles. The SMILES string of the molecule is CCNC(=O)c1ccc(CN=C(NCC)NCC(C)(O)c2cccs2)cc1.I. The van der Waals surface area contributed by atoms with Crippen molar-refractivity contribution in [3.8, 4) is 0 Å². The first-order valence-electron chi connectivity index (χ1n) is 9.12. The molecule has 0 saturated carbocycles. The molecule has 6 nitrogen and oxygen atoms in total. The van der Waals surface area contributed by atoms with E-state index >= 15 is 0 Å². The number of thiophene rings is 1. The summed E-state index contributed by atoms with van der Waals surface area (Å²) in [5.41, 5.74) is 0.686. The fourth-order valence-electron chi connectivity index (χ4n) is 2.46. The van der Waals surface area contributed by atoms with Gasteiger partial charge < -0.3 is 21.1 Å². The number of guanidine groups is 1. The Morgan fingerprint density at radius 3 is 2.36 bits per heavy atom. The minimum atomic E-state index is -0.960. The van der Waals surface area contributed by atoms with E-state index in [-0.39, 0.29) is 29.9 Å². The molecule has 1 atom stereocenters. The van der Waals surface area contributed by atoms with Crippen LogP contribution in [-0.2, 0) is 12.1 Å². The van der Waals surface area contributed by atoms with Crippen molar-refractivity contribution < 1.29 is 9.90 Å². The summed E-state index contributed by atoms with van der Waals surface area (Å²) in [6.45, 7) is 7.85. The van der Waals surface area contributed by atoms with Crippen LogP contribution in [0.1, 0.15) is 41.6 Å². The second-order valence-electron chi connectivity index (χ2n) is 6.36. The number of benzene rings is 1. The minimum Gasteiger partial charge on any atom is -0.383 e. The number of hydrogen-bond donors (Lipinski definition) is 4. The molecule has 0 bridgehead atoms. The monoisotopic (exact) mass is 516 g/mol. The van der Waals surface area contributed by atoms with Gasteiger partial charge in [-0.2, -0.15) is 0 Å². The predicted octanol–water partition coefficient (Wildman–Crippen LogP) is 3.08. The van der Waals surface area contributed by atoms with Gasteiger partial charge in [0.05, 0.1) is 13.1 Å². The number of nitrogens with zero attached hydrogens (tertiary/aromatic N) is 1. The fourth-order valence-corrected chi connectivity index (χ4v) is 3.25. The van der Waals surface area contributed by atoms with E-state index in [1.165, 1.54) is 11.3 Å². The van der Waals surface area contributed by atoms with Gasteiger partial charge in [-0.1, -0.05) is 18.2 Å². The largest absolute Gasteiger partial charge is 0.383 e. The molecule has 1 aromatic carbocycles. The molecule has 0 spiro atoms. The third kappa shape index (κ3) is 7.40. The fraction of sp³-hybridized carbons (Fsp3) is 0.400. The zero-order chi connectivity index (χ0) is 19.7. The molecule has 1 unspecified atom stereocenters. The summed E-state index contributed by atoms with van der Waals surface area (Å²) in [6, 6.07) is 11.3. The Kier molecular flexibility index (Phi) is 10.5. The molecule has 0 aliphatic heterocycles. The highest BCUT2D eigenvalue weighted by molar-refractivity contribution is 14.0. The molecule has 8 heteroatoms. The number of hydrogen-bond acceptors (Lipinski definition) is 4. The van der Waals surface area contributed by atoms with Gasteiger partial charge >= 0.3 is 0 Å². The van der Waals surface area contributed by atoms with Gasteiger partial charge in [-0.25, -0.2) is 4.99 Å². The molecule has 0 aliphatic rings. The second-order valence-corrected chi connectivity index (χ2v) is 7.30. The third-order valence-corrected chi connectivity index (χ3v) is 5.09. The van der Waals surface area contributed by atoms with Gasteiger partial charge in [0, 0.05) is 23.5 Å². The number of halogens is 1. The topological polar surface area (TPSA) is 85.8 Å². The summed E-state index contributed by atoms with van der Waals surface area (Å²) in [5.74, 6) is 0.570. The van der Waals surface area contributed by atoms with E-state index in [2.05, 4.69) is 20.9 Å². The van der Waals surface area contributed by atoms with Gasteiger partial charge in [-0.3, -0.25) is 4.79 Å². The van der Waals surface area contributed by atoms with Gasteiger partial charge in [0.2, 0.25) is 0 Å². The van der Waals surface area contributed by atoms with Crippen LogP contribution in [0.15, 0.2) is 46.8 Å². The van der Waals surface area contributed by atoms with E-state index in [9.17, 15) is 9.90 Å². The third-order valence-electron chi connectivity index (χ3n) is 3.97. The van der Waals surface area contributed by atoms with E-state index in [0.29, 0.717) is 31.2 Å². The zero-order valence-electron chi connectivity index (χ0n) is 16.5. The van der Waals surface area contributed by atoms with Crippen molar-refractivity contribution in [3.63, 3.8) is 0 Å². The van der Waals surface area contributed by atoms with Crippen LogP contribution >= 0.6 is 35.3 Å². The van der Waals surface area contributed by atoms with Gasteiger partial charge in [0.15, 0.2) is 5.96 Å². The number of rotatable bonds is 8. The maximum absolute atomic E-state index is 11.8. The van der Waals surface area contributed by atoms with Crippen LogP contribution in [0.2, 0.25) is 0 Å². The molecule has 154 valence electrons. The second kappa shape index (κ2) is 12.0. The molecule has 0 fully saturated rings. The molecule has 0 aliphatic carbocycles. The molecular formula is C20H29IN4O2S. The lowest BCUT2D eigenvalue weighted by Gasteiger charge is -2.23. The van der Waals surface area contributed by atoms with Crippen molar-refractivity contribution in [2.75, 3.05) is 19.6 Å². The lowest BCUT2D eigenvalue weighted by molar-refractivity contribution is 0.0655. The van der Waals surface area contributed by atoms with Crippen LogP contribution in [-0.4, -0.2) is 36.6 Å². The number of amides is 1. The average molecular weight is 516 g/mol. The molecule has 4 N–H and O–H groups in total. The zero-order valence-corrected chi connectivity index (χ0v) is 19.6. The Morgan fingerprint density at radius 1 is 1.11 bits per heavy atom. The highest BCUT2D eigenvalue weighted by Gasteiger charge is 2.24. The maximum atomic E-state index is 11.8. The first kappa shape index (κ1) is 24.4. The molecule has 0 radical (unpaired) electrons. The highest BCUT2D eigenvalue weighted by Crippen LogP contribution is 2.24. The smallest absolute Gasteiger partial charge is 0.251 e. The number of carbonyl (C=O) groups is 1. The van der Waals surface area contributed by atoms with Crippen LogP contribution in [0.5, 0.6) is 0 Å². The van der Waals surface area contributed by atoms with Crippen LogP contribution in [0, 0.1) is 0 Å². The van der Waals surface area contributed by atoms with E-state index in [1.807, 2.05) is 43.5 Å². The molecule has 1 heterocycles. The summed E-state index contributed by atoms with van der Waals surface area (Å²) in [6.07, 6.45) is 0. The van der Waals surface area contributed by atoms with E-state index in [4.69, 9.17) is 0 Å². The first-order valence-corrected chi connectivity index (χ1v) is 10.00. The van der Waals surface area contributed by atoms with Crippen LogP contribution in [0.4, 0.5) is 0 Å². The Bertz CT molecular complexity index is 746. The van der Waals surface area contributed by atoms with E-state index in [0.717, 1.165) is 17.0 Å². The van der Waals surface area contributed by atoms with Crippen molar-refractivity contribution >= 4 is 47.2 Å². The van der Waals surface area contributed by atoms with Crippen LogP contribution in [0.25, 0.3) is 0 Å². The quantitative estimate of drug-likeness (QED) is 0.247. The highest BCUT2D eigenvalue weighted by atomic mass is 127. The number of aliphatic hydroxyl groups is 1. The Balaban J connectivity index is 0.00000392.